The first-order chi connectivity index (χ1) is 9.60. The molecule has 1 amide bonds. The number of benzene rings is 1. The molecule has 0 atom stereocenters. The minimum absolute atomic E-state index is 0.0501. The molecule has 1 N–H and O–H groups in total. The molecule has 0 heterocycles. The van der Waals surface area contributed by atoms with Crippen LogP contribution in [-0.2, 0) is 11.3 Å². The van der Waals surface area contributed by atoms with Crippen LogP contribution in [0.25, 0.3) is 0 Å². The summed E-state index contributed by atoms with van der Waals surface area (Å²) in [6.07, 6.45) is 0. The number of halogens is 2. The van der Waals surface area contributed by atoms with Crippen molar-refractivity contribution in [3.63, 3.8) is 0 Å². The molecule has 1 rings (SSSR count). The van der Waals surface area contributed by atoms with Gasteiger partial charge < -0.3 is 15.0 Å². The number of hydrogen-bond acceptors (Lipinski definition) is 3. The first-order valence-corrected chi connectivity index (χ1v) is 7.41. The molecule has 0 aliphatic rings. The van der Waals surface area contributed by atoms with Crippen LogP contribution < -0.4 is 10.1 Å². The van der Waals surface area contributed by atoms with Gasteiger partial charge in [0.15, 0.2) is 6.61 Å². The maximum Gasteiger partial charge on any atom is 0.259 e. The summed E-state index contributed by atoms with van der Waals surface area (Å²) in [5, 5.41) is 4.29. The van der Waals surface area contributed by atoms with E-state index in [2.05, 4.69) is 26.1 Å². The topological polar surface area (TPSA) is 41.6 Å². The number of carbonyl (C=O) groups excluding carboxylic acids is 1. The van der Waals surface area contributed by atoms with Crippen LogP contribution in [0.15, 0.2) is 12.1 Å². The molecule has 0 radical (unpaired) electrons. The summed E-state index contributed by atoms with van der Waals surface area (Å²) in [5.41, 5.74) is 0.778. The van der Waals surface area contributed by atoms with Crippen LogP contribution in [0.1, 0.15) is 26.3 Å². The fourth-order valence-corrected chi connectivity index (χ4v) is 2.12. The van der Waals surface area contributed by atoms with Crippen molar-refractivity contribution in [3.8, 4) is 5.75 Å². The summed E-state index contributed by atoms with van der Waals surface area (Å²) in [7, 11) is 3.36. The Labute approximate surface area is 136 Å². The Balaban J connectivity index is 2.92. The molecule has 1 aromatic carbocycles. The molecule has 0 aliphatic carbocycles. The van der Waals surface area contributed by atoms with E-state index in [1.165, 1.54) is 4.90 Å². The van der Waals surface area contributed by atoms with Gasteiger partial charge in [-0.15, -0.1) is 0 Å². The van der Waals surface area contributed by atoms with Crippen LogP contribution in [0, 0.1) is 0 Å². The van der Waals surface area contributed by atoms with Crippen molar-refractivity contribution in [1.82, 2.24) is 10.2 Å². The van der Waals surface area contributed by atoms with E-state index < -0.39 is 0 Å². The Morgan fingerprint density at radius 3 is 2.43 bits per heavy atom. The third kappa shape index (κ3) is 6.12. The van der Waals surface area contributed by atoms with E-state index in [-0.39, 0.29) is 18.1 Å². The summed E-state index contributed by atoms with van der Waals surface area (Å²) in [6.45, 7) is 6.69. The highest BCUT2D eigenvalue weighted by molar-refractivity contribution is 6.35. The van der Waals surface area contributed by atoms with Crippen molar-refractivity contribution < 1.29 is 9.53 Å². The number of nitrogens with zero attached hydrogens (tertiary/aromatic N) is 1. The van der Waals surface area contributed by atoms with E-state index >= 15 is 0 Å². The van der Waals surface area contributed by atoms with Crippen molar-refractivity contribution in [2.45, 2.75) is 32.9 Å². The lowest BCUT2D eigenvalue weighted by Crippen LogP contribution is -2.35. The van der Waals surface area contributed by atoms with Crippen molar-refractivity contribution >= 4 is 29.1 Å². The van der Waals surface area contributed by atoms with Gasteiger partial charge in [-0.1, -0.05) is 23.2 Å². The van der Waals surface area contributed by atoms with E-state index in [4.69, 9.17) is 27.9 Å². The number of likely N-dealkylation sites (N-methyl/N-ethyl adjacent to an activating group) is 1. The zero-order chi connectivity index (χ0) is 16.2. The van der Waals surface area contributed by atoms with Gasteiger partial charge in [0.25, 0.3) is 5.91 Å². The number of nitrogens with one attached hydrogen (secondary N) is 1. The van der Waals surface area contributed by atoms with Gasteiger partial charge >= 0.3 is 0 Å². The number of hydrogen-bond donors (Lipinski definition) is 1. The van der Waals surface area contributed by atoms with Crippen LogP contribution >= 0.6 is 23.2 Å². The molecular formula is C15H22Cl2N2O2. The Kier molecular flexibility index (Phi) is 6.32. The SMILES string of the molecule is CN(C)C(=O)COc1c(Cl)cc(Cl)cc1CNC(C)(C)C. The summed E-state index contributed by atoms with van der Waals surface area (Å²) >= 11 is 12.2. The summed E-state index contributed by atoms with van der Waals surface area (Å²) < 4.78 is 5.59. The molecule has 0 bridgehead atoms. The van der Waals surface area contributed by atoms with Crippen molar-refractivity contribution in [1.29, 1.82) is 0 Å². The second-order valence-electron chi connectivity index (χ2n) is 6.06. The fourth-order valence-electron chi connectivity index (χ4n) is 1.53. The van der Waals surface area contributed by atoms with Gasteiger partial charge in [-0.05, 0) is 32.9 Å². The third-order valence-electron chi connectivity index (χ3n) is 2.73. The van der Waals surface area contributed by atoms with Gasteiger partial charge in [-0.25, -0.2) is 0 Å². The number of rotatable bonds is 5. The van der Waals surface area contributed by atoms with Crippen LogP contribution in [-0.4, -0.2) is 37.0 Å². The summed E-state index contributed by atoms with van der Waals surface area (Å²) in [5.74, 6) is 0.365. The van der Waals surface area contributed by atoms with Crippen molar-refractivity contribution in [3.05, 3.63) is 27.7 Å². The molecule has 0 spiro atoms. The lowest BCUT2D eigenvalue weighted by Gasteiger charge is -2.22. The lowest BCUT2D eigenvalue weighted by molar-refractivity contribution is -0.130. The predicted octanol–water partition coefficient (Wildman–Crippen LogP) is 3.35. The van der Waals surface area contributed by atoms with Gasteiger partial charge in [0.1, 0.15) is 5.75 Å². The quantitative estimate of drug-likeness (QED) is 0.898. The number of ether oxygens (including phenoxy) is 1. The Morgan fingerprint density at radius 2 is 1.90 bits per heavy atom. The largest absolute Gasteiger partial charge is 0.482 e. The first kappa shape index (κ1) is 18.1. The molecule has 6 heteroatoms. The highest BCUT2D eigenvalue weighted by Crippen LogP contribution is 2.32. The zero-order valence-electron chi connectivity index (χ0n) is 13.1. The van der Waals surface area contributed by atoms with Gasteiger partial charge in [-0.3, -0.25) is 4.79 Å². The summed E-state index contributed by atoms with van der Waals surface area (Å²) in [6, 6.07) is 3.40. The first-order valence-electron chi connectivity index (χ1n) is 6.66. The molecule has 0 aromatic heterocycles. The maximum atomic E-state index is 11.6. The van der Waals surface area contributed by atoms with Gasteiger partial charge in [-0.2, -0.15) is 0 Å². The molecule has 0 saturated carbocycles. The second kappa shape index (κ2) is 7.34. The molecule has 4 nitrogen and oxygen atoms in total. The second-order valence-corrected chi connectivity index (χ2v) is 6.90. The van der Waals surface area contributed by atoms with Gasteiger partial charge in [0.2, 0.25) is 0 Å². The fraction of sp³-hybridized carbons (Fsp3) is 0.533. The molecule has 0 unspecified atom stereocenters. The smallest absolute Gasteiger partial charge is 0.259 e. The van der Waals surface area contributed by atoms with Gasteiger partial charge in [0.05, 0.1) is 5.02 Å². The van der Waals surface area contributed by atoms with Crippen LogP contribution in [0.5, 0.6) is 5.75 Å². The minimum Gasteiger partial charge on any atom is -0.482 e. The van der Waals surface area contributed by atoms with Crippen molar-refractivity contribution in [2.24, 2.45) is 0 Å². The van der Waals surface area contributed by atoms with Crippen LogP contribution in [0.4, 0.5) is 0 Å². The minimum atomic E-state index is -0.129. The monoisotopic (exact) mass is 332 g/mol. The highest BCUT2D eigenvalue weighted by atomic mass is 35.5. The van der Waals surface area contributed by atoms with E-state index in [1.807, 2.05) is 0 Å². The van der Waals surface area contributed by atoms with Crippen molar-refractivity contribution in [2.75, 3.05) is 20.7 Å². The Hall–Kier alpha value is -0.970. The van der Waals surface area contributed by atoms with Gasteiger partial charge in [0, 0.05) is 36.8 Å². The molecule has 118 valence electrons. The van der Waals surface area contributed by atoms with E-state index in [1.54, 1.807) is 26.2 Å². The summed E-state index contributed by atoms with van der Waals surface area (Å²) in [4.78, 5) is 13.1. The van der Waals surface area contributed by atoms with E-state index in [0.29, 0.717) is 22.3 Å². The normalized spacial score (nSPS) is 11.4. The lowest BCUT2D eigenvalue weighted by atomic mass is 10.1. The van der Waals surface area contributed by atoms with Crippen LogP contribution in [0.2, 0.25) is 10.0 Å². The Morgan fingerprint density at radius 1 is 1.29 bits per heavy atom. The standard InChI is InChI=1S/C15H22Cl2N2O2/c1-15(2,3)18-8-10-6-11(16)7-12(17)14(10)21-9-13(20)19(4)5/h6-7,18H,8-9H2,1-5H3. The van der Waals surface area contributed by atoms with E-state index in [0.717, 1.165) is 5.56 Å². The average molecular weight is 333 g/mol. The molecule has 0 saturated heterocycles. The average Bonchev–Trinajstić information content (AvgIpc) is 2.33. The maximum absolute atomic E-state index is 11.6. The molecule has 0 aliphatic heterocycles. The number of carbonyl (C=O) groups is 1. The zero-order valence-corrected chi connectivity index (χ0v) is 14.6. The molecule has 0 fully saturated rings. The third-order valence-corrected chi connectivity index (χ3v) is 3.23. The molecular weight excluding hydrogens is 311 g/mol. The van der Waals surface area contributed by atoms with Crippen LogP contribution in [0.3, 0.4) is 0 Å². The highest BCUT2D eigenvalue weighted by Gasteiger charge is 2.16. The predicted molar refractivity (Wildman–Crippen MR) is 87.2 cm³/mol. The number of amides is 1. The van der Waals surface area contributed by atoms with E-state index in [9.17, 15) is 4.79 Å². The molecule has 21 heavy (non-hydrogen) atoms. The Bertz CT molecular complexity index is 511. The molecule has 1 aromatic rings.